The number of nitrogens with zero attached hydrogens (tertiary/aromatic N) is 3. The second kappa shape index (κ2) is 21.2. The molecule has 11 nitrogen and oxygen atoms in total. The molecule has 292 valence electrons. The van der Waals surface area contributed by atoms with Crippen LogP contribution in [0, 0.1) is 0 Å². The fourth-order valence-electron chi connectivity index (χ4n) is 6.78. The van der Waals surface area contributed by atoms with Gasteiger partial charge in [-0.1, -0.05) is 114 Å². The van der Waals surface area contributed by atoms with Gasteiger partial charge in [0.25, 0.3) is 0 Å². The maximum atomic E-state index is 13.3. The highest BCUT2D eigenvalue weighted by atomic mass is 16.7. The minimum atomic E-state index is -0.870. The number of rotatable bonds is 20. The van der Waals surface area contributed by atoms with Crippen molar-refractivity contribution in [2.45, 2.75) is 89.2 Å². The van der Waals surface area contributed by atoms with E-state index in [1.807, 2.05) is 110 Å². The van der Waals surface area contributed by atoms with E-state index in [-0.39, 0.29) is 19.2 Å². The Morgan fingerprint density at radius 1 is 0.750 bits per heavy atom. The van der Waals surface area contributed by atoms with E-state index >= 15 is 0 Å². The summed E-state index contributed by atoms with van der Waals surface area (Å²) in [5.74, 6) is 0.443. The molecule has 6 rings (SSSR count). The van der Waals surface area contributed by atoms with Gasteiger partial charge in [-0.25, -0.2) is 0 Å². The van der Waals surface area contributed by atoms with Crippen molar-refractivity contribution in [1.82, 2.24) is 5.32 Å². The predicted octanol–water partition coefficient (Wildman–Crippen LogP) is 8.83. The lowest BCUT2D eigenvalue weighted by Gasteiger charge is -2.43. The van der Waals surface area contributed by atoms with Gasteiger partial charge in [-0.2, -0.15) is 0 Å². The second-order valence-electron chi connectivity index (χ2n) is 13.9. The number of unbranched alkanes of at least 4 members (excludes halogenated alkanes) is 1. The smallest absolute Gasteiger partial charge is 0.323 e. The van der Waals surface area contributed by atoms with Crippen LogP contribution in [0.5, 0.6) is 5.75 Å². The highest BCUT2D eigenvalue weighted by Crippen LogP contribution is 2.31. The van der Waals surface area contributed by atoms with Crippen LogP contribution in [0.3, 0.4) is 0 Å². The largest absolute Gasteiger partial charge is 0.497 e. The molecule has 6 atom stereocenters. The normalized spacial score (nSPS) is 19.9. The minimum absolute atomic E-state index is 0.207. The summed E-state index contributed by atoms with van der Waals surface area (Å²) in [5.41, 5.74) is 13.7. The van der Waals surface area contributed by atoms with Gasteiger partial charge in [0.05, 0.1) is 26.4 Å². The van der Waals surface area contributed by atoms with Gasteiger partial charge in [0.1, 0.15) is 36.6 Å². The van der Waals surface area contributed by atoms with Crippen LogP contribution in [0.1, 0.15) is 48.4 Å². The van der Waals surface area contributed by atoms with Gasteiger partial charge < -0.3 is 33.7 Å². The molecule has 5 aromatic rings. The van der Waals surface area contributed by atoms with Crippen molar-refractivity contribution < 1.29 is 33.2 Å². The summed E-state index contributed by atoms with van der Waals surface area (Å²) in [6, 6.07) is 40.3. The van der Waals surface area contributed by atoms with E-state index in [1.54, 1.807) is 7.11 Å². The SMILES string of the molecule is COc1ccc(CO[C@@H]2[C@@H](N=[N+]=[N-])[C@H](OCCCCC(NCc3ccccc3)C(=O)OCc3ccccc3)O[C@H](C)[C@@H]2OCc2ccc3ccccc3c2)cc1. The van der Waals surface area contributed by atoms with Crippen molar-refractivity contribution in [3.8, 4) is 5.75 Å². The van der Waals surface area contributed by atoms with Crippen molar-refractivity contribution in [3.05, 3.63) is 160 Å². The maximum Gasteiger partial charge on any atom is 0.323 e. The number of hydrogen-bond acceptors (Lipinski definition) is 9. The number of carbonyl (C=O) groups excluding carboxylic acids is 1. The first kappa shape index (κ1) is 40.4. The van der Waals surface area contributed by atoms with E-state index in [2.05, 4.69) is 39.6 Å². The monoisotopic (exact) mass is 758 g/mol. The number of nitrogens with one attached hydrogen (secondary N) is 1. The van der Waals surface area contributed by atoms with Crippen LogP contribution in [0.15, 0.2) is 133 Å². The molecule has 1 saturated heterocycles. The fraction of sp³-hybridized carbons (Fsp3) is 0.356. The molecule has 1 aliphatic heterocycles. The molecule has 11 heteroatoms. The Hall–Kier alpha value is -5.26. The maximum absolute atomic E-state index is 13.3. The molecule has 0 aromatic heterocycles. The molecule has 56 heavy (non-hydrogen) atoms. The molecule has 1 aliphatic rings. The Morgan fingerprint density at radius 3 is 2.12 bits per heavy atom. The van der Waals surface area contributed by atoms with Gasteiger partial charge in [0.15, 0.2) is 6.29 Å². The summed E-state index contributed by atoms with van der Waals surface area (Å²) in [6.07, 6.45) is -0.699. The number of ether oxygens (including phenoxy) is 6. The molecule has 1 heterocycles. The van der Waals surface area contributed by atoms with Crippen molar-refractivity contribution in [2.24, 2.45) is 5.11 Å². The third kappa shape index (κ3) is 11.6. The number of hydrogen-bond donors (Lipinski definition) is 1. The van der Waals surface area contributed by atoms with E-state index in [9.17, 15) is 10.3 Å². The Morgan fingerprint density at radius 2 is 1.39 bits per heavy atom. The molecule has 5 aromatic carbocycles. The molecule has 1 unspecified atom stereocenters. The Balaban J connectivity index is 1.09. The highest BCUT2D eigenvalue weighted by Gasteiger charge is 2.46. The summed E-state index contributed by atoms with van der Waals surface area (Å²) < 4.78 is 36.7. The van der Waals surface area contributed by atoms with Crippen molar-refractivity contribution in [3.63, 3.8) is 0 Å². The van der Waals surface area contributed by atoms with Crippen LogP contribution in [0.4, 0.5) is 0 Å². The molecule has 0 spiro atoms. The van der Waals surface area contributed by atoms with Gasteiger partial charge in [-0.3, -0.25) is 4.79 Å². The number of fused-ring (bicyclic) bond motifs is 1. The average Bonchev–Trinajstić information content (AvgIpc) is 3.24. The minimum Gasteiger partial charge on any atom is -0.497 e. The topological polar surface area (TPSA) is 133 Å². The Kier molecular flexibility index (Phi) is 15.3. The number of methoxy groups -OCH3 is 1. The van der Waals surface area contributed by atoms with E-state index < -0.39 is 36.7 Å². The van der Waals surface area contributed by atoms with Crippen molar-refractivity contribution in [2.75, 3.05) is 13.7 Å². The first-order chi connectivity index (χ1) is 27.5. The van der Waals surface area contributed by atoms with E-state index in [1.165, 1.54) is 0 Å². The Labute approximate surface area is 328 Å². The van der Waals surface area contributed by atoms with Crippen LogP contribution in [0.2, 0.25) is 0 Å². The lowest BCUT2D eigenvalue weighted by Crippen LogP contribution is -2.58. The molecule has 0 radical (unpaired) electrons. The molecular formula is C45H50N4O7. The standard InChI is InChI=1S/C45H50N4O7/c1-32-42(53-31-36-20-23-37-17-9-10-18-38(37)27-36)43(54-29-35-21-24-39(51-2)25-22-35)41(48-49-46)45(56-32)52-26-12-11-19-40(47-28-33-13-5-3-6-14-33)44(50)55-30-34-15-7-4-8-16-34/h3-10,13-18,20-25,27,32,40-43,45,47H,11-12,19,26,28-31H2,1-2H3/t32-,40?,41-,42+,43-,45-/m1/s1. The third-order valence-corrected chi connectivity index (χ3v) is 9.87. The molecule has 1 N–H and O–H groups in total. The third-order valence-electron chi connectivity index (χ3n) is 9.87. The molecule has 0 aliphatic carbocycles. The molecule has 1 fully saturated rings. The van der Waals surface area contributed by atoms with Gasteiger partial charge >= 0.3 is 5.97 Å². The summed E-state index contributed by atoms with van der Waals surface area (Å²) >= 11 is 0. The summed E-state index contributed by atoms with van der Waals surface area (Å²) in [6.45, 7) is 3.53. The van der Waals surface area contributed by atoms with Crippen LogP contribution in [0.25, 0.3) is 21.2 Å². The fourth-order valence-corrected chi connectivity index (χ4v) is 6.78. The van der Waals surface area contributed by atoms with Crippen LogP contribution in [-0.2, 0) is 54.8 Å². The zero-order valence-corrected chi connectivity index (χ0v) is 31.9. The van der Waals surface area contributed by atoms with Crippen LogP contribution in [-0.4, -0.2) is 56.4 Å². The van der Waals surface area contributed by atoms with Gasteiger partial charge in [-0.05, 0) is 82.9 Å². The van der Waals surface area contributed by atoms with Crippen molar-refractivity contribution in [1.29, 1.82) is 0 Å². The Bertz CT molecular complexity index is 1990. The van der Waals surface area contributed by atoms with E-state index in [4.69, 9.17) is 28.4 Å². The number of carbonyl (C=O) groups is 1. The molecule has 0 amide bonds. The van der Waals surface area contributed by atoms with Gasteiger partial charge in [-0.15, -0.1) is 0 Å². The molecular weight excluding hydrogens is 709 g/mol. The lowest BCUT2D eigenvalue weighted by atomic mass is 9.97. The molecule has 0 bridgehead atoms. The van der Waals surface area contributed by atoms with Crippen LogP contribution < -0.4 is 10.1 Å². The van der Waals surface area contributed by atoms with Gasteiger partial charge in [0.2, 0.25) is 0 Å². The number of esters is 1. The average molecular weight is 759 g/mol. The summed E-state index contributed by atoms with van der Waals surface area (Å²) in [4.78, 5) is 16.4. The number of benzene rings is 5. The highest BCUT2D eigenvalue weighted by molar-refractivity contribution is 5.83. The van der Waals surface area contributed by atoms with E-state index in [0.717, 1.165) is 38.8 Å². The quantitative estimate of drug-likeness (QED) is 0.0274. The lowest BCUT2D eigenvalue weighted by molar-refractivity contribution is -0.274. The van der Waals surface area contributed by atoms with Crippen molar-refractivity contribution >= 4 is 16.7 Å². The predicted molar refractivity (Wildman–Crippen MR) is 214 cm³/mol. The van der Waals surface area contributed by atoms with E-state index in [0.29, 0.717) is 39.0 Å². The summed E-state index contributed by atoms with van der Waals surface area (Å²) in [7, 11) is 1.62. The number of azide groups is 1. The van der Waals surface area contributed by atoms with Crippen LogP contribution >= 0.6 is 0 Å². The summed E-state index contributed by atoms with van der Waals surface area (Å²) in [5, 5.41) is 9.81. The van der Waals surface area contributed by atoms with Gasteiger partial charge in [0, 0.05) is 18.1 Å². The zero-order chi connectivity index (χ0) is 39.0. The second-order valence-corrected chi connectivity index (χ2v) is 13.9. The first-order valence-corrected chi connectivity index (χ1v) is 19.1. The molecule has 0 saturated carbocycles. The first-order valence-electron chi connectivity index (χ1n) is 19.1. The zero-order valence-electron chi connectivity index (χ0n) is 31.9.